The number of aromatic nitrogens is 2. The van der Waals surface area contributed by atoms with Gasteiger partial charge in [0.2, 0.25) is 11.9 Å². The van der Waals surface area contributed by atoms with Gasteiger partial charge in [0.05, 0.1) is 0 Å². The van der Waals surface area contributed by atoms with Crippen LogP contribution in [0, 0.1) is 5.92 Å². The van der Waals surface area contributed by atoms with E-state index in [4.69, 9.17) is 5.73 Å². The lowest BCUT2D eigenvalue weighted by molar-refractivity contribution is -0.116. The summed E-state index contributed by atoms with van der Waals surface area (Å²) in [6.45, 7) is 2.45. The van der Waals surface area contributed by atoms with Gasteiger partial charge in [0.25, 0.3) is 0 Å². The molecule has 1 atom stereocenters. The van der Waals surface area contributed by atoms with Gasteiger partial charge >= 0.3 is 0 Å². The van der Waals surface area contributed by atoms with Crippen molar-refractivity contribution >= 4 is 11.9 Å². The first-order valence-electron chi connectivity index (χ1n) is 4.21. The smallest absolute Gasteiger partial charge is 0.226 e. The molecule has 0 saturated heterocycles. The van der Waals surface area contributed by atoms with E-state index in [-0.39, 0.29) is 11.8 Å². The summed E-state index contributed by atoms with van der Waals surface area (Å²) in [6, 6.07) is 0. The van der Waals surface area contributed by atoms with E-state index in [0.717, 1.165) is 0 Å². The zero-order valence-corrected chi connectivity index (χ0v) is 7.58. The average Bonchev–Trinajstić information content (AvgIpc) is 2.56. The maximum absolute atomic E-state index is 11.3. The van der Waals surface area contributed by atoms with Gasteiger partial charge in [-0.15, -0.1) is 0 Å². The third-order valence-corrected chi connectivity index (χ3v) is 1.69. The van der Waals surface area contributed by atoms with E-state index in [1.807, 2.05) is 6.92 Å². The molecule has 5 heteroatoms. The number of anilines is 1. The summed E-state index contributed by atoms with van der Waals surface area (Å²) in [5, 5.41) is 2.63. The Balaban J connectivity index is 2.34. The van der Waals surface area contributed by atoms with Crippen molar-refractivity contribution in [3.8, 4) is 0 Å². The Labute approximate surface area is 76.7 Å². The van der Waals surface area contributed by atoms with E-state index >= 15 is 0 Å². The van der Waals surface area contributed by atoms with E-state index in [2.05, 4.69) is 15.3 Å². The van der Waals surface area contributed by atoms with Crippen LogP contribution in [0.2, 0.25) is 0 Å². The second kappa shape index (κ2) is 4.61. The molecular formula is C8H14N4O. The first kappa shape index (κ1) is 9.73. The molecule has 1 aromatic heterocycles. The molecule has 1 unspecified atom stereocenters. The number of hydrogen-bond donors (Lipinski definition) is 3. The Hall–Kier alpha value is -1.36. The molecule has 0 saturated carbocycles. The number of amides is 1. The number of nitrogens with one attached hydrogen (secondary N) is 2. The van der Waals surface area contributed by atoms with E-state index in [0.29, 0.717) is 18.9 Å². The molecule has 0 radical (unpaired) electrons. The monoisotopic (exact) mass is 182 g/mol. The van der Waals surface area contributed by atoms with E-state index < -0.39 is 0 Å². The molecular weight excluding hydrogens is 168 g/mol. The molecule has 1 amide bonds. The molecule has 72 valence electrons. The van der Waals surface area contributed by atoms with Gasteiger partial charge in [-0.1, -0.05) is 6.92 Å². The third kappa shape index (κ3) is 3.25. The van der Waals surface area contributed by atoms with Crippen LogP contribution in [0.1, 0.15) is 13.3 Å². The fourth-order valence-corrected chi connectivity index (χ4v) is 0.917. The number of aromatic amines is 1. The van der Waals surface area contributed by atoms with Crippen molar-refractivity contribution in [2.24, 2.45) is 11.7 Å². The average molecular weight is 182 g/mol. The molecule has 0 aliphatic carbocycles. The molecule has 13 heavy (non-hydrogen) atoms. The lowest BCUT2D eigenvalue weighted by Crippen LogP contribution is -2.20. The highest BCUT2D eigenvalue weighted by Crippen LogP contribution is 2.02. The van der Waals surface area contributed by atoms with Crippen LogP contribution in [0.25, 0.3) is 0 Å². The van der Waals surface area contributed by atoms with Gasteiger partial charge in [-0.2, -0.15) is 0 Å². The summed E-state index contributed by atoms with van der Waals surface area (Å²) in [5.41, 5.74) is 5.39. The van der Waals surface area contributed by atoms with Gasteiger partial charge in [0, 0.05) is 18.8 Å². The zero-order chi connectivity index (χ0) is 9.68. The Morgan fingerprint density at radius 1 is 1.85 bits per heavy atom. The first-order valence-corrected chi connectivity index (χ1v) is 4.21. The van der Waals surface area contributed by atoms with Crippen LogP contribution in [-0.4, -0.2) is 22.4 Å². The van der Waals surface area contributed by atoms with Crippen molar-refractivity contribution in [2.45, 2.75) is 13.3 Å². The van der Waals surface area contributed by atoms with Crippen LogP contribution in [-0.2, 0) is 4.79 Å². The van der Waals surface area contributed by atoms with Crippen LogP contribution >= 0.6 is 0 Å². The molecule has 0 aliphatic heterocycles. The molecule has 1 aromatic rings. The number of imidazole rings is 1. The topological polar surface area (TPSA) is 83.8 Å². The Kier molecular flexibility index (Phi) is 3.45. The highest BCUT2D eigenvalue weighted by Gasteiger charge is 2.07. The molecule has 1 heterocycles. The zero-order valence-electron chi connectivity index (χ0n) is 7.58. The van der Waals surface area contributed by atoms with Gasteiger partial charge in [-0.25, -0.2) is 4.98 Å². The van der Waals surface area contributed by atoms with Crippen LogP contribution in [0.3, 0.4) is 0 Å². The molecule has 0 fully saturated rings. The van der Waals surface area contributed by atoms with Gasteiger partial charge in [-0.05, 0) is 12.5 Å². The molecule has 1 rings (SSSR count). The van der Waals surface area contributed by atoms with Gasteiger partial charge in [0.1, 0.15) is 0 Å². The van der Waals surface area contributed by atoms with E-state index in [1.165, 1.54) is 0 Å². The quantitative estimate of drug-likeness (QED) is 0.627. The second-order valence-corrected chi connectivity index (χ2v) is 3.03. The number of hydrogen-bond acceptors (Lipinski definition) is 3. The fraction of sp³-hybridized carbons (Fsp3) is 0.500. The van der Waals surface area contributed by atoms with Crippen LogP contribution in [0.4, 0.5) is 5.95 Å². The van der Waals surface area contributed by atoms with Gasteiger partial charge < -0.3 is 10.7 Å². The second-order valence-electron chi connectivity index (χ2n) is 3.03. The van der Waals surface area contributed by atoms with Crippen LogP contribution in [0.5, 0.6) is 0 Å². The lowest BCUT2D eigenvalue weighted by Gasteiger charge is -2.06. The summed E-state index contributed by atoms with van der Waals surface area (Å²) in [7, 11) is 0. The van der Waals surface area contributed by atoms with Crippen LogP contribution in [0.15, 0.2) is 12.4 Å². The highest BCUT2D eigenvalue weighted by atomic mass is 16.1. The highest BCUT2D eigenvalue weighted by molar-refractivity contribution is 5.89. The molecule has 0 bridgehead atoms. The Morgan fingerprint density at radius 3 is 3.15 bits per heavy atom. The molecule has 0 spiro atoms. The number of rotatable bonds is 4. The third-order valence-electron chi connectivity index (χ3n) is 1.69. The Bertz CT molecular complexity index is 257. The predicted octanol–water partition coefficient (Wildman–Crippen LogP) is 0.333. The first-order chi connectivity index (χ1) is 6.22. The van der Waals surface area contributed by atoms with Crippen molar-refractivity contribution in [3.63, 3.8) is 0 Å². The summed E-state index contributed by atoms with van der Waals surface area (Å²) in [4.78, 5) is 17.9. The largest absolute Gasteiger partial charge is 0.331 e. The number of carbonyl (C=O) groups is 1. The lowest BCUT2D eigenvalue weighted by atomic mass is 10.1. The van der Waals surface area contributed by atoms with Crippen molar-refractivity contribution in [3.05, 3.63) is 12.4 Å². The summed E-state index contributed by atoms with van der Waals surface area (Å²) in [6.07, 6.45) is 3.67. The predicted molar refractivity (Wildman–Crippen MR) is 50.1 cm³/mol. The maximum atomic E-state index is 11.3. The standard InChI is InChI=1S/C8H14N4O/c1-6(5-9)4-7(13)12-8-10-2-3-11-8/h2-3,6H,4-5,9H2,1H3,(H2,10,11,12,13). The summed E-state index contributed by atoms with van der Waals surface area (Å²) >= 11 is 0. The minimum Gasteiger partial charge on any atom is -0.331 e. The van der Waals surface area contributed by atoms with Gasteiger partial charge in [0.15, 0.2) is 0 Å². The van der Waals surface area contributed by atoms with Crippen molar-refractivity contribution in [1.82, 2.24) is 9.97 Å². The number of H-pyrrole nitrogens is 1. The van der Waals surface area contributed by atoms with Crippen molar-refractivity contribution in [2.75, 3.05) is 11.9 Å². The fourth-order valence-electron chi connectivity index (χ4n) is 0.917. The van der Waals surface area contributed by atoms with Crippen LogP contribution < -0.4 is 11.1 Å². The normalized spacial score (nSPS) is 12.5. The minimum atomic E-state index is -0.0621. The SMILES string of the molecule is CC(CN)CC(=O)Nc1ncc[nH]1. The Morgan fingerprint density at radius 2 is 2.62 bits per heavy atom. The summed E-state index contributed by atoms with van der Waals surface area (Å²) in [5.74, 6) is 0.622. The van der Waals surface area contributed by atoms with Crippen molar-refractivity contribution < 1.29 is 4.79 Å². The van der Waals surface area contributed by atoms with Gasteiger partial charge in [-0.3, -0.25) is 10.1 Å². The molecule has 4 N–H and O–H groups in total. The molecule has 5 nitrogen and oxygen atoms in total. The van der Waals surface area contributed by atoms with E-state index in [1.54, 1.807) is 12.4 Å². The van der Waals surface area contributed by atoms with Crippen molar-refractivity contribution in [1.29, 1.82) is 0 Å². The maximum Gasteiger partial charge on any atom is 0.226 e. The number of nitrogens with two attached hydrogens (primary N) is 1. The van der Waals surface area contributed by atoms with E-state index in [9.17, 15) is 4.79 Å². The minimum absolute atomic E-state index is 0.0621. The molecule has 0 aromatic carbocycles. The number of nitrogens with zero attached hydrogens (tertiary/aromatic N) is 1. The number of carbonyl (C=O) groups excluding carboxylic acids is 1. The molecule has 0 aliphatic rings. The summed E-state index contributed by atoms with van der Waals surface area (Å²) < 4.78 is 0.